The van der Waals surface area contributed by atoms with E-state index < -0.39 is 0 Å². The molecule has 3 aromatic heterocycles. The van der Waals surface area contributed by atoms with Crippen molar-refractivity contribution in [2.24, 2.45) is 30.0 Å². The molecule has 0 bridgehead atoms. The zero-order chi connectivity index (χ0) is 39.3. The Hall–Kier alpha value is -3.65. The smallest absolute Gasteiger partial charge is 0.655 e. The third-order valence-electron chi connectivity index (χ3n) is 5.62. The first kappa shape index (κ1) is 48.4. The quantitative estimate of drug-likeness (QED) is 0.199. The molecule has 0 atom stereocenters. The summed E-state index contributed by atoms with van der Waals surface area (Å²) in [6.07, 6.45) is 11.0. The zero-order valence-corrected chi connectivity index (χ0v) is 36.3. The van der Waals surface area contributed by atoms with Gasteiger partial charge in [0.25, 0.3) is 0 Å². The Morgan fingerprint density at radius 1 is 0.346 bits per heavy atom. The monoisotopic (exact) mass is 755 g/mol. The molecule has 290 valence electrons. The predicted molar refractivity (Wildman–Crippen MR) is 224 cm³/mol. The number of hydrogen-bond donors (Lipinski definition) is 1. The molecule has 3 heterocycles. The van der Waals surface area contributed by atoms with Crippen molar-refractivity contribution in [1.82, 2.24) is 15.0 Å². The summed E-state index contributed by atoms with van der Waals surface area (Å²) in [4.78, 5) is 38.7. The van der Waals surface area contributed by atoms with E-state index in [0.29, 0.717) is 0 Å². The van der Waals surface area contributed by atoms with Gasteiger partial charge in [-0.05, 0) is 137 Å². The first-order chi connectivity index (χ1) is 23.0. The number of aliphatic imine (C=N–C) groups is 6. The first-order valence-electron chi connectivity index (χ1n) is 17.7. The molecule has 9 nitrogen and oxygen atoms in total. The second kappa shape index (κ2) is 20.0. The van der Waals surface area contributed by atoms with Crippen LogP contribution < -0.4 is 9.97 Å². The van der Waals surface area contributed by atoms with E-state index in [0.717, 1.165) is 34.2 Å². The fourth-order valence-electron chi connectivity index (χ4n) is 3.22. The minimum atomic E-state index is -0.0569. The van der Waals surface area contributed by atoms with E-state index in [1.54, 1.807) is 0 Å². The summed E-state index contributed by atoms with van der Waals surface area (Å²) in [7, 11) is 0. The Morgan fingerprint density at radius 3 is 0.731 bits per heavy atom. The van der Waals surface area contributed by atoms with Gasteiger partial charge < -0.3 is 15.0 Å². The maximum absolute atomic E-state index is 4.45. The number of rotatable bonds is 6. The van der Waals surface area contributed by atoms with Crippen LogP contribution in [0.3, 0.4) is 0 Å². The first-order valence-corrected chi connectivity index (χ1v) is 17.7. The second-order valence-corrected chi connectivity index (χ2v) is 18.5. The van der Waals surface area contributed by atoms with Crippen LogP contribution in [-0.4, -0.2) is 75.5 Å². The largest absolute Gasteiger partial charge is 2.00 e. The molecule has 0 saturated heterocycles. The van der Waals surface area contributed by atoms with Gasteiger partial charge in [0, 0.05) is 37.3 Å². The molecule has 1 N–H and O–H groups in total. The van der Waals surface area contributed by atoms with Crippen LogP contribution in [0.25, 0.3) is 0 Å². The number of nitrogens with zero attached hydrogens (tertiary/aromatic N) is 8. The number of nitrogens with one attached hydrogen (secondary N) is 1. The van der Waals surface area contributed by atoms with Crippen LogP contribution in [0.4, 0.5) is 0 Å². The van der Waals surface area contributed by atoms with Crippen molar-refractivity contribution in [3.63, 3.8) is 0 Å². The van der Waals surface area contributed by atoms with Crippen molar-refractivity contribution in [2.75, 3.05) is 0 Å². The van der Waals surface area contributed by atoms with Crippen molar-refractivity contribution in [3.8, 4) is 0 Å². The molecule has 0 radical (unpaired) electrons. The number of hydrogen-bond acceptors (Lipinski definition) is 6. The normalized spacial score (nSPS) is 13.7. The van der Waals surface area contributed by atoms with Gasteiger partial charge in [-0.2, -0.15) is 0 Å². The van der Waals surface area contributed by atoms with Crippen LogP contribution in [0, 0.1) is 0 Å². The van der Waals surface area contributed by atoms with Crippen LogP contribution >= 0.6 is 0 Å². The summed E-state index contributed by atoms with van der Waals surface area (Å²) >= 11 is 0. The minimum absolute atomic E-state index is 0. The van der Waals surface area contributed by atoms with Gasteiger partial charge in [-0.1, -0.05) is 24.3 Å². The van der Waals surface area contributed by atoms with E-state index in [9.17, 15) is 0 Å². The Morgan fingerprint density at radius 2 is 0.538 bits per heavy atom. The average molecular weight is 757 g/mol. The zero-order valence-electron chi connectivity index (χ0n) is 35.3. The standard InChI is InChI=1S/C14H23N3.2C14H22N3.Ni/c3*1-13(2,3)15-9-11-7-8-12(17-11)10-16-14(4,5)6;/h7-10,17H,1-6H3;2*7-10H,1-6H3;/q;2*-1;+2. The van der Waals surface area contributed by atoms with Gasteiger partial charge in [0.05, 0.1) is 44.6 Å². The van der Waals surface area contributed by atoms with Crippen LogP contribution in [0.1, 0.15) is 159 Å². The maximum atomic E-state index is 4.45. The molecule has 3 aromatic rings. The van der Waals surface area contributed by atoms with Crippen molar-refractivity contribution >= 4 is 37.3 Å². The van der Waals surface area contributed by atoms with E-state index >= 15 is 0 Å². The molecule has 0 aliphatic heterocycles. The molecule has 0 spiro atoms. The molecular formula is C42H67N9Ni. The van der Waals surface area contributed by atoms with Crippen molar-refractivity contribution in [1.29, 1.82) is 0 Å². The second-order valence-electron chi connectivity index (χ2n) is 18.5. The van der Waals surface area contributed by atoms with E-state index in [4.69, 9.17) is 0 Å². The Bertz CT molecular complexity index is 1320. The molecule has 0 fully saturated rings. The van der Waals surface area contributed by atoms with E-state index in [1.807, 2.05) is 73.7 Å². The molecule has 0 aliphatic rings. The van der Waals surface area contributed by atoms with Crippen molar-refractivity contribution < 1.29 is 16.5 Å². The molecule has 3 rings (SSSR count). The van der Waals surface area contributed by atoms with Crippen LogP contribution in [0.5, 0.6) is 0 Å². The summed E-state index contributed by atoms with van der Waals surface area (Å²) < 4.78 is 0. The average Bonchev–Trinajstić information content (AvgIpc) is 3.70. The van der Waals surface area contributed by atoms with E-state index in [-0.39, 0.29) is 49.7 Å². The van der Waals surface area contributed by atoms with Gasteiger partial charge in [0.1, 0.15) is 0 Å². The summed E-state index contributed by atoms with van der Waals surface area (Å²) in [6.45, 7) is 37.2. The number of H-pyrrole nitrogens is 1. The third-order valence-corrected chi connectivity index (χ3v) is 5.62. The van der Waals surface area contributed by atoms with Gasteiger partial charge in [0.15, 0.2) is 0 Å². The Balaban J connectivity index is 0.000000743. The fourth-order valence-corrected chi connectivity index (χ4v) is 3.22. The van der Waals surface area contributed by atoms with Gasteiger partial charge in [-0.15, -0.1) is 22.8 Å². The Labute approximate surface area is 326 Å². The fraction of sp³-hybridized carbons (Fsp3) is 0.571. The third kappa shape index (κ3) is 27.1. The summed E-state index contributed by atoms with van der Waals surface area (Å²) in [5, 5.41) is 0. The number of aromatic amines is 1. The summed E-state index contributed by atoms with van der Waals surface area (Å²) in [6, 6.07) is 11.9. The molecule has 10 heteroatoms. The molecular weight excluding hydrogens is 689 g/mol. The van der Waals surface area contributed by atoms with Crippen LogP contribution in [0.15, 0.2) is 66.4 Å². The van der Waals surface area contributed by atoms with Crippen LogP contribution in [0.2, 0.25) is 0 Å². The van der Waals surface area contributed by atoms with Gasteiger partial charge in [0.2, 0.25) is 0 Å². The minimum Gasteiger partial charge on any atom is -0.655 e. The van der Waals surface area contributed by atoms with Gasteiger partial charge in [-0.3, -0.25) is 30.0 Å². The SMILES string of the molecule is CC(C)(C)N=Cc1ccc(C=NC(C)(C)C)[n-]1.CC(C)(C)N=Cc1ccc(C=NC(C)(C)C)[n-]1.CC(C)(C)N=Cc1ccc(C=NC(C)(C)C)[nH]1.[Ni+2]. The molecule has 52 heavy (non-hydrogen) atoms. The maximum Gasteiger partial charge on any atom is 2.00 e. The predicted octanol–water partition coefficient (Wildman–Crippen LogP) is 9.60. The van der Waals surface area contributed by atoms with E-state index in [1.165, 1.54) is 0 Å². The summed E-state index contributed by atoms with van der Waals surface area (Å²) in [5.74, 6) is 0. The molecule has 0 saturated carbocycles. The molecule has 0 aromatic carbocycles. The number of aromatic nitrogens is 3. The van der Waals surface area contributed by atoms with Crippen LogP contribution in [-0.2, 0) is 16.5 Å². The van der Waals surface area contributed by atoms with Gasteiger partial charge >= 0.3 is 16.5 Å². The van der Waals surface area contributed by atoms with Crippen molar-refractivity contribution in [2.45, 2.75) is 158 Å². The van der Waals surface area contributed by atoms with Crippen molar-refractivity contribution in [3.05, 3.63) is 70.6 Å². The Kier molecular flexibility index (Phi) is 18.6. The summed E-state index contributed by atoms with van der Waals surface area (Å²) in [5.41, 5.74) is 5.26. The molecule has 0 aliphatic carbocycles. The molecule has 0 unspecified atom stereocenters. The molecule has 0 amide bonds. The topological polar surface area (TPSA) is 118 Å². The van der Waals surface area contributed by atoms with Gasteiger partial charge in [-0.25, -0.2) is 0 Å². The van der Waals surface area contributed by atoms with E-state index in [2.05, 4.69) is 170 Å².